The van der Waals surface area contributed by atoms with E-state index in [2.05, 4.69) is 24.1 Å². The van der Waals surface area contributed by atoms with Gasteiger partial charge in [0.05, 0.1) is 6.20 Å². The number of nitrogens with zero attached hydrogens (tertiary/aromatic N) is 1. The van der Waals surface area contributed by atoms with Crippen LogP contribution in [0.1, 0.15) is 55.6 Å². The summed E-state index contributed by atoms with van der Waals surface area (Å²) in [5.41, 5.74) is 0.378. The summed E-state index contributed by atoms with van der Waals surface area (Å²) in [4.78, 5) is 15.3. The van der Waals surface area contributed by atoms with Crippen molar-refractivity contribution in [3.8, 4) is 0 Å². The number of hydrogen-bond donors (Lipinski definition) is 2. The minimum atomic E-state index is -0.900. The Morgan fingerprint density at radius 3 is 2.74 bits per heavy atom. The number of carboxylic acid groups (broad SMARTS) is 1. The van der Waals surface area contributed by atoms with E-state index in [-0.39, 0.29) is 0 Å². The fourth-order valence-corrected chi connectivity index (χ4v) is 3.81. The van der Waals surface area contributed by atoms with Crippen molar-refractivity contribution in [1.29, 1.82) is 0 Å². The fourth-order valence-electron chi connectivity index (χ4n) is 3.16. The van der Waals surface area contributed by atoms with Crippen LogP contribution in [0.25, 0.3) is 0 Å². The lowest BCUT2D eigenvalue weighted by molar-refractivity contribution is 0.0702. The van der Waals surface area contributed by atoms with Crippen LogP contribution in [-0.4, -0.2) is 22.6 Å². The van der Waals surface area contributed by atoms with Crippen LogP contribution in [0.4, 0.5) is 5.13 Å². The van der Waals surface area contributed by atoms with E-state index >= 15 is 0 Å². The number of anilines is 1. The Morgan fingerprint density at radius 2 is 2.21 bits per heavy atom. The molecular formula is C14H22N2O2S. The molecule has 0 bridgehead atoms. The molecule has 19 heavy (non-hydrogen) atoms. The van der Waals surface area contributed by atoms with Crippen molar-refractivity contribution < 1.29 is 9.90 Å². The van der Waals surface area contributed by atoms with Crippen molar-refractivity contribution in [2.24, 2.45) is 11.3 Å². The Bertz CT molecular complexity index is 436. The number of aromatic carboxylic acids is 1. The van der Waals surface area contributed by atoms with Crippen LogP contribution in [0.2, 0.25) is 0 Å². The van der Waals surface area contributed by atoms with E-state index in [1.165, 1.54) is 49.6 Å². The number of thiazole rings is 1. The second-order valence-corrected chi connectivity index (χ2v) is 7.02. The van der Waals surface area contributed by atoms with E-state index in [0.29, 0.717) is 16.2 Å². The van der Waals surface area contributed by atoms with Gasteiger partial charge in [-0.3, -0.25) is 0 Å². The van der Waals surface area contributed by atoms with E-state index in [9.17, 15) is 4.79 Å². The van der Waals surface area contributed by atoms with Gasteiger partial charge < -0.3 is 10.4 Å². The highest BCUT2D eigenvalue weighted by Crippen LogP contribution is 2.43. The molecule has 0 spiro atoms. The van der Waals surface area contributed by atoms with Gasteiger partial charge in [-0.1, -0.05) is 38.0 Å². The summed E-state index contributed by atoms with van der Waals surface area (Å²) in [6.45, 7) is 5.45. The molecule has 5 heteroatoms. The first-order valence-electron chi connectivity index (χ1n) is 6.94. The second-order valence-electron chi connectivity index (χ2n) is 5.99. The highest BCUT2D eigenvalue weighted by molar-refractivity contribution is 7.17. The topological polar surface area (TPSA) is 62.2 Å². The highest BCUT2D eigenvalue weighted by Gasteiger charge is 2.34. The summed E-state index contributed by atoms with van der Waals surface area (Å²) < 4.78 is 0. The van der Waals surface area contributed by atoms with Crippen LogP contribution in [0.5, 0.6) is 0 Å². The Labute approximate surface area is 118 Å². The van der Waals surface area contributed by atoms with E-state index in [4.69, 9.17) is 5.11 Å². The molecule has 0 radical (unpaired) electrons. The predicted octanol–water partition coefficient (Wildman–Crippen LogP) is 3.86. The van der Waals surface area contributed by atoms with Gasteiger partial charge in [-0.2, -0.15) is 0 Å². The van der Waals surface area contributed by atoms with Gasteiger partial charge in [0.15, 0.2) is 5.13 Å². The van der Waals surface area contributed by atoms with Crippen LogP contribution < -0.4 is 5.32 Å². The molecule has 1 aromatic rings. The fraction of sp³-hybridized carbons (Fsp3) is 0.714. The van der Waals surface area contributed by atoms with E-state index < -0.39 is 5.97 Å². The largest absolute Gasteiger partial charge is 0.477 e. The molecule has 0 saturated heterocycles. The summed E-state index contributed by atoms with van der Waals surface area (Å²) >= 11 is 1.22. The summed E-state index contributed by atoms with van der Waals surface area (Å²) in [5, 5.41) is 13.0. The lowest BCUT2D eigenvalue weighted by Gasteiger charge is -2.31. The third-order valence-corrected chi connectivity index (χ3v) is 4.78. The van der Waals surface area contributed by atoms with Gasteiger partial charge in [0.1, 0.15) is 4.88 Å². The van der Waals surface area contributed by atoms with Crippen LogP contribution in [-0.2, 0) is 0 Å². The SMILES string of the molecule is CC(C)CC1(CNc2ncc(C(=O)O)s2)CCCC1. The van der Waals surface area contributed by atoms with Crippen molar-refractivity contribution in [2.45, 2.75) is 46.0 Å². The van der Waals surface area contributed by atoms with Gasteiger partial charge in [-0.25, -0.2) is 9.78 Å². The van der Waals surface area contributed by atoms with Crippen molar-refractivity contribution in [3.63, 3.8) is 0 Å². The number of carbonyl (C=O) groups is 1. The maximum Gasteiger partial charge on any atom is 0.347 e. The molecule has 106 valence electrons. The zero-order valence-corrected chi connectivity index (χ0v) is 12.4. The van der Waals surface area contributed by atoms with Crippen LogP contribution in [0.15, 0.2) is 6.20 Å². The lowest BCUT2D eigenvalue weighted by Crippen LogP contribution is -2.28. The third kappa shape index (κ3) is 3.69. The van der Waals surface area contributed by atoms with Crippen molar-refractivity contribution in [1.82, 2.24) is 4.98 Å². The first kappa shape index (κ1) is 14.3. The van der Waals surface area contributed by atoms with Crippen LogP contribution in [0.3, 0.4) is 0 Å². The van der Waals surface area contributed by atoms with E-state index in [1.807, 2.05) is 0 Å². The van der Waals surface area contributed by atoms with Crippen molar-refractivity contribution >= 4 is 22.4 Å². The van der Waals surface area contributed by atoms with Gasteiger partial charge in [-0.15, -0.1) is 0 Å². The molecule has 0 aromatic carbocycles. The molecule has 2 rings (SSSR count). The second kappa shape index (κ2) is 5.90. The summed E-state index contributed by atoms with van der Waals surface area (Å²) in [5.74, 6) is -0.200. The van der Waals surface area contributed by atoms with Crippen LogP contribution >= 0.6 is 11.3 Å². The first-order valence-corrected chi connectivity index (χ1v) is 7.75. The smallest absolute Gasteiger partial charge is 0.347 e. The Kier molecular flexibility index (Phi) is 4.45. The molecule has 0 amide bonds. The Hall–Kier alpha value is -1.10. The summed E-state index contributed by atoms with van der Waals surface area (Å²) in [6.07, 6.45) is 7.83. The molecule has 1 aliphatic rings. The summed E-state index contributed by atoms with van der Waals surface area (Å²) in [7, 11) is 0. The first-order chi connectivity index (χ1) is 9.01. The average Bonchev–Trinajstić information content (AvgIpc) is 2.94. The number of nitrogens with one attached hydrogen (secondary N) is 1. The van der Waals surface area contributed by atoms with Gasteiger partial charge in [0.25, 0.3) is 0 Å². The number of rotatable bonds is 6. The minimum Gasteiger partial charge on any atom is -0.477 e. The quantitative estimate of drug-likeness (QED) is 0.831. The van der Waals surface area contributed by atoms with Crippen molar-refractivity contribution in [3.05, 3.63) is 11.1 Å². The van der Waals surface area contributed by atoms with Gasteiger partial charge in [0.2, 0.25) is 0 Å². The average molecular weight is 282 g/mol. The molecule has 0 atom stereocenters. The Balaban J connectivity index is 1.96. The third-order valence-electron chi connectivity index (χ3n) is 3.84. The minimum absolute atomic E-state index is 0.298. The zero-order chi connectivity index (χ0) is 13.9. The summed E-state index contributed by atoms with van der Waals surface area (Å²) in [6, 6.07) is 0. The van der Waals surface area contributed by atoms with Crippen molar-refractivity contribution in [2.75, 3.05) is 11.9 Å². The number of carboxylic acids is 1. The zero-order valence-electron chi connectivity index (χ0n) is 11.6. The van der Waals surface area contributed by atoms with E-state index in [1.54, 1.807) is 0 Å². The molecule has 2 N–H and O–H groups in total. The predicted molar refractivity (Wildman–Crippen MR) is 77.9 cm³/mol. The van der Waals surface area contributed by atoms with Gasteiger partial charge in [-0.05, 0) is 30.6 Å². The highest BCUT2D eigenvalue weighted by atomic mass is 32.1. The number of aromatic nitrogens is 1. The standard InChI is InChI=1S/C14H22N2O2S/c1-10(2)7-14(5-3-4-6-14)9-16-13-15-8-11(19-13)12(17)18/h8,10H,3-7,9H2,1-2H3,(H,15,16)(H,17,18). The molecule has 1 heterocycles. The molecule has 0 unspecified atom stereocenters. The maximum atomic E-state index is 10.8. The maximum absolute atomic E-state index is 10.8. The molecule has 1 aliphatic carbocycles. The monoisotopic (exact) mass is 282 g/mol. The van der Waals surface area contributed by atoms with Gasteiger partial charge >= 0.3 is 5.97 Å². The lowest BCUT2D eigenvalue weighted by atomic mass is 9.78. The molecule has 4 nitrogen and oxygen atoms in total. The van der Waals surface area contributed by atoms with Crippen LogP contribution in [0, 0.1) is 11.3 Å². The number of hydrogen-bond acceptors (Lipinski definition) is 4. The molecule has 1 fully saturated rings. The molecule has 1 aromatic heterocycles. The normalized spacial score (nSPS) is 17.8. The van der Waals surface area contributed by atoms with E-state index in [0.717, 1.165) is 11.7 Å². The molecule has 0 aliphatic heterocycles. The Morgan fingerprint density at radius 1 is 1.53 bits per heavy atom. The van der Waals surface area contributed by atoms with Gasteiger partial charge in [0, 0.05) is 6.54 Å². The molecule has 1 saturated carbocycles. The molecular weight excluding hydrogens is 260 g/mol.